The van der Waals surface area contributed by atoms with E-state index in [-0.39, 0.29) is 24.7 Å². The van der Waals surface area contributed by atoms with E-state index in [0.29, 0.717) is 6.42 Å². The van der Waals surface area contributed by atoms with Gasteiger partial charge in [-0.15, -0.1) is 0 Å². The number of rotatable bonds is 10. The molecule has 0 saturated carbocycles. The summed E-state index contributed by atoms with van der Waals surface area (Å²) in [6.07, 6.45) is -0.245. The third kappa shape index (κ3) is 11.0. The summed E-state index contributed by atoms with van der Waals surface area (Å²) in [5.74, 6) is -1.92. The molecule has 0 spiro atoms. The summed E-state index contributed by atoms with van der Waals surface area (Å²) < 4.78 is 15.8. The molecule has 0 aliphatic rings. The van der Waals surface area contributed by atoms with E-state index in [4.69, 9.17) is 19.9 Å². The van der Waals surface area contributed by atoms with Gasteiger partial charge in [0.05, 0.1) is 6.42 Å². The third-order valence-electron chi connectivity index (χ3n) is 3.72. The smallest absolute Gasteiger partial charge is 0.323 e. The molecule has 2 N–H and O–H groups in total. The van der Waals surface area contributed by atoms with Crippen LogP contribution in [0.5, 0.6) is 0 Å². The van der Waals surface area contributed by atoms with Crippen molar-refractivity contribution in [2.45, 2.75) is 92.6 Å². The molecule has 7 heteroatoms. The molecule has 0 heterocycles. The second-order valence-electron chi connectivity index (χ2n) is 8.60. The van der Waals surface area contributed by atoms with Crippen LogP contribution in [0.4, 0.5) is 0 Å². The van der Waals surface area contributed by atoms with Gasteiger partial charge in [0.1, 0.15) is 11.6 Å². The molecular formula is C20H37NO6. The summed E-state index contributed by atoms with van der Waals surface area (Å²) in [4.78, 5) is 36.2. The van der Waals surface area contributed by atoms with Crippen molar-refractivity contribution < 1.29 is 28.6 Å². The second kappa shape index (κ2) is 11.3. The minimum absolute atomic E-state index is 0.0501. The molecule has 0 aliphatic heterocycles. The summed E-state index contributed by atoms with van der Waals surface area (Å²) in [5, 5.41) is 0. The van der Waals surface area contributed by atoms with Gasteiger partial charge >= 0.3 is 17.9 Å². The van der Waals surface area contributed by atoms with E-state index in [1.165, 1.54) is 0 Å². The summed E-state index contributed by atoms with van der Waals surface area (Å²) >= 11 is 0. The lowest BCUT2D eigenvalue weighted by Crippen LogP contribution is -2.44. The molecule has 0 bridgehead atoms. The van der Waals surface area contributed by atoms with Gasteiger partial charge in [-0.2, -0.15) is 0 Å². The van der Waals surface area contributed by atoms with E-state index in [2.05, 4.69) is 0 Å². The first-order chi connectivity index (χ1) is 12.3. The first-order valence-corrected chi connectivity index (χ1v) is 9.64. The first kappa shape index (κ1) is 25.4. The van der Waals surface area contributed by atoms with E-state index < -0.39 is 41.8 Å². The highest BCUT2D eigenvalue weighted by atomic mass is 16.7. The predicted molar refractivity (Wildman–Crippen MR) is 102 cm³/mol. The fraction of sp³-hybridized carbons (Fsp3) is 0.850. The van der Waals surface area contributed by atoms with Gasteiger partial charge in [-0.1, -0.05) is 34.6 Å². The highest BCUT2D eigenvalue weighted by Crippen LogP contribution is 2.22. The van der Waals surface area contributed by atoms with Gasteiger partial charge in [-0.3, -0.25) is 14.4 Å². The van der Waals surface area contributed by atoms with Gasteiger partial charge in [0.15, 0.2) is 0 Å². The van der Waals surface area contributed by atoms with Crippen molar-refractivity contribution in [1.82, 2.24) is 0 Å². The maximum Gasteiger partial charge on any atom is 0.323 e. The number of esters is 3. The van der Waals surface area contributed by atoms with Crippen LogP contribution in [0, 0.1) is 17.8 Å². The number of carbonyl (C=O) groups is 3. The Balaban J connectivity index is 5.08. The van der Waals surface area contributed by atoms with Crippen LogP contribution >= 0.6 is 0 Å². The molecule has 158 valence electrons. The normalized spacial score (nSPS) is 15.2. The average Bonchev–Trinajstić information content (AvgIpc) is 2.50. The number of hydrogen-bond acceptors (Lipinski definition) is 7. The quantitative estimate of drug-likeness (QED) is 0.453. The van der Waals surface area contributed by atoms with Crippen molar-refractivity contribution in [3.8, 4) is 0 Å². The van der Waals surface area contributed by atoms with Crippen LogP contribution in [0.3, 0.4) is 0 Å². The third-order valence-corrected chi connectivity index (χ3v) is 3.72. The molecule has 3 unspecified atom stereocenters. The van der Waals surface area contributed by atoms with Crippen molar-refractivity contribution in [2.24, 2.45) is 23.5 Å². The summed E-state index contributed by atoms with van der Waals surface area (Å²) in [5.41, 5.74) is 5.43. The molecule has 3 atom stereocenters. The van der Waals surface area contributed by atoms with Crippen LogP contribution in [-0.2, 0) is 28.6 Å². The van der Waals surface area contributed by atoms with Crippen LogP contribution in [0.2, 0.25) is 0 Å². The molecule has 7 nitrogen and oxygen atoms in total. The van der Waals surface area contributed by atoms with Crippen molar-refractivity contribution in [2.75, 3.05) is 0 Å². The summed E-state index contributed by atoms with van der Waals surface area (Å²) in [6.45, 7) is 14.5. The molecule has 0 radical (unpaired) electrons. The van der Waals surface area contributed by atoms with Crippen LogP contribution < -0.4 is 5.73 Å². The van der Waals surface area contributed by atoms with Gasteiger partial charge in [0.25, 0.3) is 0 Å². The van der Waals surface area contributed by atoms with Crippen LogP contribution in [0.25, 0.3) is 0 Å². The number of carbonyl (C=O) groups excluding carboxylic acids is 3. The Morgan fingerprint density at radius 2 is 1.48 bits per heavy atom. The molecule has 0 aromatic carbocycles. The second-order valence-corrected chi connectivity index (χ2v) is 8.60. The minimum Gasteiger partial charge on any atom is -0.459 e. The van der Waals surface area contributed by atoms with Crippen LogP contribution in [0.1, 0.15) is 74.7 Å². The van der Waals surface area contributed by atoms with Crippen molar-refractivity contribution in [1.29, 1.82) is 0 Å². The minimum atomic E-state index is -0.956. The zero-order chi connectivity index (χ0) is 21.4. The van der Waals surface area contributed by atoms with Gasteiger partial charge in [0, 0.05) is 12.3 Å². The van der Waals surface area contributed by atoms with E-state index in [1.54, 1.807) is 41.5 Å². The fourth-order valence-electron chi connectivity index (χ4n) is 2.43. The largest absolute Gasteiger partial charge is 0.459 e. The van der Waals surface area contributed by atoms with E-state index in [9.17, 15) is 14.4 Å². The van der Waals surface area contributed by atoms with Crippen molar-refractivity contribution >= 4 is 17.9 Å². The molecule has 0 aromatic heterocycles. The highest BCUT2D eigenvalue weighted by Gasteiger charge is 2.33. The van der Waals surface area contributed by atoms with E-state index in [1.807, 2.05) is 13.8 Å². The first-order valence-electron chi connectivity index (χ1n) is 9.64. The SMILES string of the molecule is CCC(=O)OC(OC(=O)CC(CC(C)C)C(N)C(=O)OC(C)(C)C)C(C)C. The molecular weight excluding hydrogens is 350 g/mol. The molecule has 0 rings (SSSR count). The highest BCUT2D eigenvalue weighted by molar-refractivity contribution is 5.78. The molecule has 27 heavy (non-hydrogen) atoms. The standard InChI is InChI=1S/C20H37NO6/c1-9-15(22)25-19(13(4)5)26-16(23)11-14(10-12(2)3)17(21)18(24)27-20(6,7)8/h12-14,17,19H,9-11,21H2,1-8H3. The van der Waals surface area contributed by atoms with Crippen molar-refractivity contribution in [3.63, 3.8) is 0 Å². The predicted octanol–water partition coefficient (Wildman–Crippen LogP) is 3.19. The van der Waals surface area contributed by atoms with Gasteiger partial charge in [-0.05, 0) is 39.0 Å². The maximum absolute atomic E-state index is 12.4. The average molecular weight is 388 g/mol. The lowest BCUT2D eigenvalue weighted by atomic mass is 9.88. The number of nitrogens with two attached hydrogens (primary N) is 1. The number of hydrogen-bond donors (Lipinski definition) is 1. The number of ether oxygens (including phenoxy) is 3. The Kier molecular flexibility index (Phi) is 10.6. The van der Waals surface area contributed by atoms with Crippen LogP contribution in [0.15, 0.2) is 0 Å². The Hall–Kier alpha value is -1.63. The fourth-order valence-corrected chi connectivity index (χ4v) is 2.43. The monoisotopic (exact) mass is 387 g/mol. The Morgan fingerprint density at radius 1 is 0.963 bits per heavy atom. The lowest BCUT2D eigenvalue weighted by Gasteiger charge is -2.28. The van der Waals surface area contributed by atoms with Gasteiger partial charge < -0.3 is 19.9 Å². The molecule has 0 fully saturated rings. The Morgan fingerprint density at radius 3 is 1.89 bits per heavy atom. The topological polar surface area (TPSA) is 105 Å². The maximum atomic E-state index is 12.4. The van der Waals surface area contributed by atoms with Crippen LogP contribution in [-0.4, -0.2) is 35.8 Å². The molecule has 0 aliphatic carbocycles. The van der Waals surface area contributed by atoms with E-state index >= 15 is 0 Å². The van der Waals surface area contributed by atoms with Gasteiger partial charge in [0.2, 0.25) is 6.29 Å². The van der Waals surface area contributed by atoms with Gasteiger partial charge in [-0.25, -0.2) is 0 Å². The Bertz CT molecular complexity index is 495. The zero-order valence-electron chi connectivity index (χ0n) is 18.0. The van der Waals surface area contributed by atoms with Crippen molar-refractivity contribution in [3.05, 3.63) is 0 Å². The van der Waals surface area contributed by atoms with E-state index in [0.717, 1.165) is 0 Å². The Labute approximate surface area is 163 Å². The molecule has 0 amide bonds. The summed E-state index contributed by atoms with van der Waals surface area (Å²) in [7, 11) is 0. The zero-order valence-corrected chi connectivity index (χ0v) is 18.0. The lowest BCUT2D eigenvalue weighted by molar-refractivity contribution is -0.196. The molecule has 0 aromatic rings. The summed E-state index contributed by atoms with van der Waals surface area (Å²) in [6, 6.07) is -0.935. The molecule has 0 saturated heterocycles.